The van der Waals surface area contributed by atoms with E-state index in [9.17, 15) is 9.59 Å². The third-order valence-corrected chi connectivity index (χ3v) is 4.52. The molecule has 5 nitrogen and oxygen atoms in total. The second kappa shape index (κ2) is 4.47. The quantitative estimate of drug-likeness (QED) is 0.848. The second-order valence-electron chi connectivity index (χ2n) is 5.63. The fraction of sp³-hybridized carbons (Fsp3) is 0.643. The summed E-state index contributed by atoms with van der Waals surface area (Å²) >= 11 is 0. The van der Waals surface area contributed by atoms with Crippen LogP contribution in [0.5, 0.6) is 0 Å². The normalized spacial score (nSPS) is 23.5. The summed E-state index contributed by atoms with van der Waals surface area (Å²) < 4.78 is 0. The van der Waals surface area contributed by atoms with Gasteiger partial charge in [-0.3, -0.25) is 14.5 Å². The third-order valence-electron chi connectivity index (χ3n) is 4.52. The SMILES string of the molecule is CCC(c1ncc[nH]1)N1C(=O)CC2(CCCC2)C1=O. The maximum atomic E-state index is 12.7. The molecule has 1 aliphatic heterocycles. The number of rotatable bonds is 3. The van der Waals surface area contributed by atoms with Crippen molar-refractivity contribution in [2.24, 2.45) is 5.41 Å². The van der Waals surface area contributed by atoms with Crippen LogP contribution in [0.2, 0.25) is 0 Å². The van der Waals surface area contributed by atoms with Crippen molar-refractivity contribution in [2.45, 2.75) is 51.5 Å². The van der Waals surface area contributed by atoms with Crippen molar-refractivity contribution in [1.29, 1.82) is 0 Å². The average Bonchev–Trinajstić information content (AvgIpc) is 3.09. The Morgan fingerprint density at radius 3 is 2.74 bits per heavy atom. The molecule has 1 unspecified atom stereocenters. The van der Waals surface area contributed by atoms with Crippen molar-refractivity contribution in [1.82, 2.24) is 14.9 Å². The molecule has 2 fully saturated rings. The molecule has 5 heteroatoms. The van der Waals surface area contributed by atoms with Crippen LogP contribution in [0.25, 0.3) is 0 Å². The molecular formula is C14H19N3O2. The fourth-order valence-electron chi connectivity index (χ4n) is 3.53. The van der Waals surface area contributed by atoms with Gasteiger partial charge >= 0.3 is 0 Å². The summed E-state index contributed by atoms with van der Waals surface area (Å²) in [5, 5.41) is 0. The smallest absolute Gasteiger partial charge is 0.236 e. The summed E-state index contributed by atoms with van der Waals surface area (Å²) in [4.78, 5) is 33.7. The lowest BCUT2D eigenvalue weighted by molar-refractivity contribution is -0.144. The Morgan fingerprint density at radius 1 is 1.42 bits per heavy atom. The van der Waals surface area contributed by atoms with Gasteiger partial charge in [-0.15, -0.1) is 0 Å². The number of nitrogens with one attached hydrogen (secondary N) is 1. The highest BCUT2D eigenvalue weighted by Gasteiger charge is 2.54. The summed E-state index contributed by atoms with van der Waals surface area (Å²) in [6.07, 6.45) is 8.33. The standard InChI is InChI=1S/C14H19N3O2/c1-2-10(12-15-7-8-16-12)17-11(18)9-14(13(17)19)5-3-4-6-14/h7-8,10H,2-6,9H2,1H3,(H,15,16). The van der Waals surface area contributed by atoms with Crippen molar-refractivity contribution in [3.63, 3.8) is 0 Å². The van der Waals surface area contributed by atoms with Crippen LogP contribution >= 0.6 is 0 Å². The van der Waals surface area contributed by atoms with Crippen LogP contribution in [0.15, 0.2) is 12.4 Å². The van der Waals surface area contributed by atoms with E-state index < -0.39 is 5.41 Å². The van der Waals surface area contributed by atoms with Gasteiger partial charge in [0.15, 0.2) is 0 Å². The number of nitrogens with zero attached hydrogens (tertiary/aromatic N) is 2. The third kappa shape index (κ3) is 1.79. The van der Waals surface area contributed by atoms with Crippen molar-refractivity contribution in [2.75, 3.05) is 0 Å². The highest BCUT2D eigenvalue weighted by Crippen LogP contribution is 2.48. The molecule has 19 heavy (non-hydrogen) atoms. The zero-order valence-electron chi connectivity index (χ0n) is 11.2. The Bertz CT molecular complexity index is 489. The number of H-pyrrole nitrogens is 1. The van der Waals surface area contributed by atoms with Gasteiger partial charge in [-0.1, -0.05) is 19.8 Å². The Balaban J connectivity index is 1.92. The van der Waals surface area contributed by atoms with E-state index in [0.717, 1.165) is 25.7 Å². The lowest BCUT2D eigenvalue weighted by Crippen LogP contribution is -2.37. The van der Waals surface area contributed by atoms with Crippen LogP contribution < -0.4 is 0 Å². The Kier molecular flexibility index (Phi) is 2.92. The molecule has 1 atom stereocenters. The van der Waals surface area contributed by atoms with Gasteiger partial charge in [0.05, 0.1) is 11.5 Å². The molecule has 2 amide bonds. The maximum Gasteiger partial charge on any atom is 0.236 e. The monoisotopic (exact) mass is 261 g/mol. The summed E-state index contributed by atoms with van der Waals surface area (Å²) in [6.45, 7) is 1.98. The summed E-state index contributed by atoms with van der Waals surface area (Å²) in [5.41, 5.74) is -0.392. The molecule has 102 valence electrons. The first-order valence-corrected chi connectivity index (χ1v) is 7.04. The molecule has 1 N–H and O–H groups in total. The highest BCUT2D eigenvalue weighted by atomic mass is 16.2. The first kappa shape index (κ1) is 12.4. The number of hydrogen-bond donors (Lipinski definition) is 1. The van der Waals surface area contributed by atoms with E-state index in [4.69, 9.17) is 0 Å². The molecule has 1 aromatic rings. The van der Waals surface area contributed by atoms with Crippen molar-refractivity contribution in [3.05, 3.63) is 18.2 Å². The molecule has 1 aromatic heterocycles. The molecule has 0 radical (unpaired) electrons. The van der Waals surface area contributed by atoms with Gasteiger partial charge in [0.1, 0.15) is 5.82 Å². The van der Waals surface area contributed by atoms with Crippen LogP contribution in [-0.2, 0) is 9.59 Å². The second-order valence-corrected chi connectivity index (χ2v) is 5.63. The van der Waals surface area contributed by atoms with Crippen LogP contribution in [-0.4, -0.2) is 26.7 Å². The molecule has 2 aliphatic rings. The molecular weight excluding hydrogens is 242 g/mol. The minimum atomic E-state index is -0.392. The summed E-state index contributed by atoms with van der Waals surface area (Å²) in [6, 6.07) is -0.241. The highest BCUT2D eigenvalue weighted by molar-refractivity contribution is 6.06. The zero-order valence-corrected chi connectivity index (χ0v) is 11.2. The molecule has 2 heterocycles. The van der Waals surface area contributed by atoms with Crippen LogP contribution in [0.1, 0.15) is 57.3 Å². The number of carbonyl (C=O) groups is 2. The maximum absolute atomic E-state index is 12.7. The molecule has 0 aromatic carbocycles. The van der Waals surface area contributed by atoms with Crippen LogP contribution in [0.4, 0.5) is 0 Å². The van der Waals surface area contributed by atoms with E-state index in [0.29, 0.717) is 18.7 Å². The van der Waals surface area contributed by atoms with Gasteiger partial charge in [0.2, 0.25) is 11.8 Å². The summed E-state index contributed by atoms with van der Waals surface area (Å²) in [7, 11) is 0. The topological polar surface area (TPSA) is 66.1 Å². The largest absolute Gasteiger partial charge is 0.347 e. The number of hydrogen-bond acceptors (Lipinski definition) is 3. The van der Waals surface area contributed by atoms with Crippen molar-refractivity contribution < 1.29 is 9.59 Å². The fourth-order valence-corrected chi connectivity index (χ4v) is 3.53. The van der Waals surface area contributed by atoms with Gasteiger partial charge < -0.3 is 4.98 Å². The number of aromatic amines is 1. The van der Waals surface area contributed by atoms with E-state index in [1.54, 1.807) is 12.4 Å². The predicted molar refractivity (Wildman–Crippen MR) is 69.0 cm³/mol. The minimum absolute atomic E-state index is 0.0262. The van der Waals surface area contributed by atoms with Gasteiger partial charge in [-0.05, 0) is 19.3 Å². The van der Waals surface area contributed by atoms with E-state index in [1.165, 1.54) is 4.90 Å². The van der Waals surface area contributed by atoms with Crippen molar-refractivity contribution >= 4 is 11.8 Å². The average molecular weight is 261 g/mol. The number of imidazole rings is 1. The van der Waals surface area contributed by atoms with E-state index in [1.807, 2.05) is 6.92 Å². The number of carbonyl (C=O) groups excluding carboxylic acids is 2. The van der Waals surface area contributed by atoms with Gasteiger partial charge in [-0.2, -0.15) is 0 Å². The van der Waals surface area contributed by atoms with Gasteiger partial charge in [-0.25, -0.2) is 4.98 Å². The number of likely N-dealkylation sites (tertiary alicyclic amines) is 1. The lowest BCUT2D eigenvalue weighted by atomic mass is 9.84. The number of imide groups is 1. The Morgan fingerprint density at radius 2 is 2.16 bits per heavy atom. The predicted octanol–water partition coefficient (Wildman–Crippen LogP) is 2.18. The minimum Gasteiger partial charge on any atom is -0.347 e. The Hall–Kier alpha value is -1.65. The first-order chi connectivity index (χ1) is 9.18. The van der Waals surface area contributed by atoms with E-state index >= 15 is 0 Å². The zero-order chi connectivity index (χ0) is 13.5. The van der Waals surface area contributed by atoms with E-state index in [2.05, 4.69) is 9.97 Å². The molecule has 1 aliphatic carbocycles. The van der Waals surface area contributed by atoms with Gasteiger partial charge in [0.25, 0.3) is 0 Å². The first-order valence-electron chi connectivity index (χ1n) is 7.04. The van der Waals surface area contributed by atoms with E-state index in [-0.39, 0.29) is 17.9 Å². The molecule has 3 rings (SSSR count). The summed E-state index contributed by atoms with van der Waals surface area (Å²) in [5.74, 6) is 0.702. The van der Waals surface area contributed by atoms with Gasteiger partial charge in [0, 0.05) is 18.8 Å². The molecule has 0 bridgehead atoms. The van der Waals surface area contributed by atoms with Crippen molar-refractivity contribution in [3.8, 4) is 0 Å². The lowest BCUT2D eigenvalue weighted by Gasteiger charge is -2.26. The number of amides is 2. The number of aromatic nitrogens is 2. The van der Waals surface area contributed by atoms with Crippen LogP contribution in [0, 0.1) is 5.41 Å². The van der Waals surface area contributed by atoms with Crippen LogP contribution in [0.3, 0.4) is 0 Å². The molecule has 1 saturated heterocycles. The Labute approximate surface area is 112 Å². The molecule has 1 saturated carbocycles. The molecule has 1 spiro atoms.